The van der Waals surface area contributed by atoms with Crippen LogP contribution in [0.1, 0.15) is 5.69 Å². The predicted molar refractivity (Wildman–Crippen MR) is 55.6 cm³/mol. The lowest BCUT2D eigenvalue weighted by molar-refractivity contribution is -0.0897. The van der Waals surface area contributed by atoms with Crippen molar-refractivity contribution in [2.45, 2.75) is 25.9 Å². The highest BCUT2D eigenvalue weighted by Gasteiger charge is 2.26. The predicted octanol–water partition coefficient (Wildman–Crippen LogP) is -2.03. The van der Waals surface area contributed by atoms with Crippen LogP contribution in [0, 0.1) is 6.92 Å². The lowest BCUT2D eigenvalue weighted by Crippen LogP contribution is -2.37. The number of aryl methyl sites for hydroxylation is 1. The van der Waals surface area contributed by atoms with Crippen LogP contribution in [-0.2, 0) is 16.0 Å². The molecule has 1 aliphatic heterocycles. The third kappa shape index (κ3) is 2.60. The normalized spacial score (nSPS) is 24.1. The van der Waals surface area contributed by atoms with Gasteiger partial charge in [0.15, 0.2) is 6.29 Å². The highest BCUT2D eigenvalue weighted by Crippen LogP contribution is 2.11. The van der Waals surface area contributed by atoms with E-state index < -0.39 is 17.5 Å². The van der Waals surface area contributed by atoms with Gasteiger partial charge < -0.3 is 14.6 Å². The van der Waals surface area contributed by atoms with E-state index in [1.165, 1.54) is 6.92 Å². The lowest BCUT2D eigenvalue weighted by Gasteiger charge is -2.10. The molecule has 0 amide bonds. The van der Waals surface area contributed by atoms with Gasteiger partial charge in [-0.25, -0.2) is 9.48 Å². The molecule has 0 aromatic carbocycles. The molecule has 0 unspecified atom stereocenters. The summed E-state index contributed by atoms with van der Waals surface area (Å²) in [6, 6.07) is 0. The molecule has 0 radical (unpaired) electrons. The number of aromatic nitrogens is 3. The zero-order chi connectivity index (χ0) is 12.4. The molecule has 1 saturated heterocycles. The molecule has 1 aromatic rings. The SMILES string of the molecule is Cc1nn(C[C@@H]2CO[C@@H](CO)O2)c(=O)[nH]c1=O. The molecule has 8 heteroatoms. The number of nitrogens with one attached hydrogen (secondary N) is 1. The van der Waals surface area contributed by atoms with E-state index in [1.807, 2.05) is 0 Å². The highest BCUT2D eigenvalue weighted by atomic mass is 16.7. The first-order chi connectivity index (χ1) is 8.10. The molecule has 1 fully saturated rings. The van der Waals surface area contributed by atoms with Gasteiger partial charge in [0.05, 0.1) is 19.8 Å². The average molecular weight is 243 g/mol. The summed E-state index contributed by atoms with van der Waals surface area (Å²) in [5, 5.41) is 12.7. The molecule has 2 heterocycles. The number of ether oxygens (including phenoxy) is 2. The van der Waals surface area contributed by atoms with Crippen LogP contribution in [-0.4, -0.2) is 45.5 Å². The van der Waals surface area contributed by atoms with Gasteiger partial charge in [-0.3, -0.25) is 9.78 Å². The van der Waals surface area contributed by atoms with Crippen LogP contribution >= 0.6 is 0 Å². The Kier molecular flexibility index (Phi) is 3.36. The Morgan fingerprint density at radius 1 is 1.59 bits per heavy atom. The van der Waals surface area contributed by atoms with Gasteiger partial charge in [0.2, 0.25) is 0 Å². The van der Waals surface area contributed by atoms with Crippen LogP contribution in [0.25, 0.3) is 0 Å². The fourth-order valence-electron chi connectivity index (χ4n) is 1.54. The summed E-state index contributed by atoms with van der Waals surface area (Å²) in [5.41, 5.74) is -0.873. The van der Waals surface area contributed by atoms with Crippen molar-refractivity contribution >= 4 is 0 Å². The van der Waals surface area contributed by atoms with Crippen molar-refractivity contribution in [3.63, 3.8) is 0 Å². The second-order valence-corrected chi connectivity index (χ2v) is 3.73. The van der Waals surface area contributed by atoms with Gasteiger partial charge in [-0.2, -0.15) is 5.10 Å². The number of aliphatic hydroxyl groups is 1. The lowest BCUT2D eigenvalue weighted by atomic mass is 10.4. The number of rotatable bonds is 3. The van der Waals surface area contributed by atoms with Crippen molar-refractivity contribution in [1.82, 2.24) is 14.8 Å². The Bertz CT molecular complexity index is 508. The molecule has 0 spiro atoms. The van der Waals surface area contributed by atoms with Gasteiger partial charge in [-0.1, -0.05) is 0 Å². The van der Waals surface area contributed by atoms with Gasteiger partial charge >= 0.3 is 5.69 Å². The summed E-state index contributed by atoms with van der Waals surface area (Å²) in [4.78, 5) is 24.7. The number of aliphatic hydroxyl groups excluding tert-OH is 1. The zero-order valence-electron chi connectivity index (χ0n) is 9.25. The van der Waals surface area contributed by atoms with Crippen molar-refractivity contribution in [3.05, 3.63) is 26.5 Å². The molecule has 8 nitrogen and oxygen atoms in total. The maximum atomic E-state index is 11.4. The minimum absolute atomic E-state index is 0.174. The van der Waals surface area contributed by atoms with Crippen molar-refractivity contribution in [3.8, 4) is 0 Å². The molecule has 2 N–H and O–H groups in total. The third-order valence-electron chi connectivity index (χ3n) is 2.39. The smallest absolute Gasteiger partial charge is 0.344 e. The van der Waals surface area contributed by atoms with E-state index in [1.54, 1.807) is 0 Å². The quantitative estimate of drug-likeness (QED) is 0.634. The van der Waals surface area contributed by atoms with Crippen LogP contribution in [0.15, 0.2) is 9.59 Å². The third-order valence-corrected chi connectivity index (χ3v) is 2.39. The first kappa shape index (κ1) is 12.0. The Morgan fingerprint density at radius 3 is 3.00 bits per heavy atom. The number of H-pyrrole nitrogens is 1. The molecule has 2 atom stereocenters. The van der Waals surface area contributed by atoms with Crippen molar-refractivity contribution < 1.29 is 14.6 Å². The maximum Gasteiger partial charge on any atom is 0.344 e. The molecule has 0 saturated carbocycles. The van der Waals surface area contributed by atoms with Gasteiger partial charge in [0, 0.05) is 0 Å². The molecule has 1 aromatic heterocycles. The van der Waals surface area contributed by atoms with Gasteiger partial charge in [0.1, 0.15) is 11.8 Å². The standard InChI is InChI=1S/C9H13N3O5/c1-5-8(14)10-9(15)12(11-5)2-6-4-16-7(3-13)17-6/h6-7,13H,2-4H2,1H3,(H,10,14,15)/t6-,7-/m1/s1. The Labute approximate surface area is 95.8 Å². The first-order valence-corrected chi connectivity index (χ1v) is 5.16. The van der Waals surface area contributed by atoms with E-state index in [2.05, 4.69) is 10.1 Å². The van der Waals surface area contributed by atoms with Gasteiger partial charge in [0.25, 0.3) is 5.56 Å². The molecule has 1 aliphatic rings. The van der Waals surface area contributed by atoms with Crippen LogP contribution in [0.3, 0.4) is 0 Å². The summed E-state index contributed by atoms with van der Waals surface area (Å²) < 4.78 is 11.5. The minimum Gasteiger partial charge on any atom is -0.391 e. The second kappa shape index (κ2) is 4.78. The monoisotopic (exact) mass is 243 g/mol. The highest BCUT2D eigenvalue weighted by molar-refractivity contribution is 4.88. The van der Waals surface area contributed by atoms with Gasteiger partial charge in [-0.05, 0) is 6.92 Å². The van der Waals surface area contributed by atoms with E-state index in [4.69, 9.17) is 14.6 Å². The molecule has 0 bridgehead atoms. The van der Waals surface area contributed by atoms with Crippen LogP contribution in [0.2, 0.25) is 0 Å². The summed E-state index contributed by atoms with van der Waals surface area (Å²) >= 11 is 0. The van der Waals surface area contributed by atoms with Crippen LogP contribution in [0.5, 0.6) is 0 Å². The van der Waals surface area contributed by atoms with Crippen molar-refractivity contribution in [1.29, 1.82) is 0 Å². The Hall–Kier alpha value is -1.51. The topological polar surface area (TPSA) is 106 Å². The molecular weight excluding hydrogens is 230 g/mol. The summed E-state index contributed by atoms with van der Waals surface area (Å²) in [5.74, 6) is 0. The zero-order valence-corrected chi connectivity index (χ0v) is 9.25. The minimum atomic E-state index is -0.653. The van der Waals surface area contributed by atoms with Gasteiger partial charge in [-0.15, -0.1) is 0 Å². The number of hydrogen-bond donors (Lipinski definition) is 2. The fraction of sp³-hybridized carbons (Fsp3) is 0.667. The summed E-state index contributed by atoms with van der Waals surface area (Å²) in [6.45, 7) is 1.73. The number of hydrogen-bond acceptors (Lipinski definition) is 6. The van der Waals surface area contributed by atoms with Crippen LogP contribution < -0.4 is 11.2 Å². The largest absolute Gasteiger partial charge is 0.391 e. The molecule has 17 heavy (non-hydrogen) atoms. The second-order valence-electron chi connectivity index (χ2n) is 3.73. The maximum absolute atomic E-state index is 11.4. The van der Waals surface area contributed by atoms with E-state index in [9.17, 15) is 9.59 Å². The van der Waals surface area contributed by atoms with Crippen LogP contribution in [0.4, 0.5) is 0 Å². The van der Waals surface area contributed by atoms with E-state index >= 15 is 0 Å². The van der Waals surface area contributed by atoms with E-state index in [0.29, 0.717) is 0 Å². The average Bonchev–Trinajstić information content (AvgIpc) is 2.73. The number of aromatic amines is 1. The Morgan fingerprint density at radius 2 is 2.35 bits per heavy atom. The number of nitrogens with zero attached hydrogens (tertiary/aromatic N) is 2. The molecule has 2 rings (SSSR count). The summed E-state index contributed by atoms with van der Waals surface area (Å²) in [6.07, 6.45) is -1.01. The Balaban J connectivity index is 2.12. The van der Waals surface area contributed by atoms with Crippen molar-refractivity contribution in [2.24, 2.45) is 0 Å². The fourth-order valence-corrected chi connectivity index (χ4v) is 1.54. The summed E-state index contributed by atoms with van der Waals surface area (Å²) in [7, 11) is 0. The molecular formula is C9H13N3O5. The first-order valence-electron chi connectivity index (χ1n) is 5.16. The van der Waals surface area contributed by atoms with Crippen molar-refractivity contribution in [2.75, 3.05) is 13.2 Å². The van der Waals surface area contributed by atoms with E-state index in [-0.39, 0.29) is 31.6 Å². The molecule has 0 aliphatic carbocycles. The molecule has 94 valence electrons. The van der Waals surface area contributed by atoms with E-state index in [0.717, 1.165) is 4.68 Å².